The number of benzene rings is 1. The summed E-state index contributed by atoms with van der Waals surface area (Å²) in [5.74, 6) is -0.493. The summed E-state index contributed by atoms with van der Waals surface area (Å²) >= 11 is 1.01. The normalized spacial score (nSPS) is 14.6. The van der Waals surface area contributed by atoms with Crippen molar-refractivity contribution in [2.75, 3.05) is 17.6 Å². The number of aromatic nitrogens is 1. The molecule has 0 bridgehead atoms. The lowest BCUT2D eigenvalue weighted by Gasteiger charge is -2.28. The van der Waals surface area contributed by atoms with E-state index in [1.165, 1.54) is 24.6 Å². The van der Waals surface area contributed by atoms with Crippen LogP contribution in [-0.2, 0) is 16.4 Å². The fourth-order valence-electron chi connectivity index (χ4n) is 2.89. The summed E-state index contributed by atoms with van der Waals surface area (Å²) in [6, 6.07) is 5.52. The van der Waals surface area contributed by atoms with Crippen molar-refractivity contribution in [3.05, 3.63) is 40.9 Å². The van der Waals surface area contributed by atoms with Crippen LogP contribution in [-0.4, -0.2) is 66.2 Å². The Labute approximate surface area is 186 Å². The van der Waals surface area contributed by atoms with Gasteiger partial charge >= 0.3 is 0 Å². The van der Waals surface area contributed by atoms with E-state index < -0.39 is 34.2 Å². The number of aliphatic hydroxyl groups excluding tert-OH is 2. The van der Waals surface area contributed by atoms with Gasteiger partial charge in [-0.05, 0) is 30.5 Å². The number of carbonyl (C=O) groups excluding carboxylic acids is 1. The number of rotatable bonds is 11. The number of nitrogens with one attached hydrogen (secondary N) is 1. The minimum atomic E-state index is -3.51. The molecular weight excluding hydrogens is 442 g/mol. The van der Waals surface area contributed by atoms with Gasteiger partial charge in [0.1, 0.15) is 17.5 Å². The molecule has 2 aromatic rings. The second-order valence-electron chi connectivity index (χ2n) is 7.40. The van der Waals surface area contributed by atoms with Gasteiger partial charge in [0.15, 0.2) is 5.13 Å². The largest absolute Gasteiger partial charge is 0.508 e. The van der Waals surface area contributed by atoms with Crippen LogP contribution in [0, 0.1) is 0 Å². The summed E-state index contributed by atoms with van der Waals surface area (Å²) < 4.78 is 24.3. The number of nitrogens with zero attached hydrogens (tertiary/aromatic N) is 2. The predicted molar refractivity (Wildman–Crippen MR) is 120 cm³/mol. The monoisotopic (exact) mass is 471 g/mol. The lowest BCUT2D eigenvalue weighted by atomic mass is 9.95. The number of anilines is 1. The molecule has 0 aliphatic rings. The molecule has 172 valence electrons. The highest BCUT2D eigenvalue weighted by Gasteiger charge is 2.29. The molecule has 3 unspecified atom stereocenters. The van der Waals surface area contributed by atoms with Gasteiger partial charge in [-0.25, -0.2) is 17.7 Å². The Morgan fingerprint density at radius 2 is 1.90 bits per heavy atom. The number of phenols is 1. The number of thiazole rings is 1. The standard InChI is InChI=1S/C20H29N3O6S2/c1-4-5-6-17(25)18(26)15(11-13-7-9-14(24)10-8-13)21-19(27)16-12-30-20(22-16)23(2)31(3,28)29/h7-10,12,15,17-18,24-26H,4-6,11H2,1-3H3,(H,21,27). The predicted octanol–water partition coefficient (Wildman–Crippen LogP) is 1.50. The number of unbranched alkanes of at least 4 members (excludes halogenated alkanes) is 1. The van der Waals surface area contributed by atoms with Gasteiger partial charge in [0.05, 0.1) is 18.4 Å². The SMILES string of the molecule is CCCCC(O)C(O)C(Cc1ccc(O)cc1)NC(=O)c1csc(N(C)S(C)(=O)=O)n1. The summed E-state index contributed by atoms with van der Waals surface area (Å²) in [4.78, 5) is 16.8. The zero-order chi connectivity index (χ0) is 23.2. The molecule has 1 aromatic carbocycles. The summed E-state index contributed by atoms with van der Waals surface area (Å²) in [6.07, 6.45) is 0.983. The van der Waals surface area contributed by atoms with Gasteiger partial charge in [-0.2, -0.15) is 0 Å². The van der Waals surface area contributed by atoms with Crippen LogP contribution in [0.1, 0.15) is 42.2 Å². The number of amides is 1. The maximum absolute atomic E-state index is 12.8. The fraction of sp³-hybridized carbons (Fsp3) is 0.500. The molecule has 1 amide bonds. The fourth-order valence-corrected chi connectivity index (χ4v) is 4.43. The molecule has 1 aromatic heterocycles. The second kappa shape index (κ2) is 10.9. The molecule has 3 atom stereocenters. The molecule has 1 heterocycles. The van der Waals surface area contributed by atoms with Crippen LogP contribution >= 0.6 is 11.3 Å². The average Bonchev–Trinajstić information content (AvgIpc) is 3.21. The number of carbonyl (C=O) groups is 1. The first-order chi connectivity index (χ1) is 14.5. The Morgan fingerprint density at radius 3 is 2.48 bits per heavy atom. The van der Waals surface area contributed by atoms with Crippen LogP contribution < -0.4 is 9.62 Å². The summed E-state index contributed by atoms with van der Waals surface area (Å²) in [5, 5.41) is 34.8. The number of aromatic hydroxyl groups is 1. The van der Waals surface area contributed by atoms with Gasteiger partial charge in [-0.1, -0.05) is 31.9 Å². The van der Waals surface area contributed by atoms with E-state index in [0.29, 0.717) is 6.42 Å². The molecule has 0 saturated heterocycles. The van der Waals surface area contributed by atoms with Crippen molar-refractivity contribution < 1.29 is 28.5 Å². The lowest BCUT2D eigenvalue weighted by Crippen LogP contribution is -2.49. The quantitative estimate of drug-likeness (QED) is 0.389. The maximum atomic E-state index is 12.8. The van der Waals surface area contributed by atoms with E-state index in [9.17, 15) is 28.5 Å². The molecule has 2 rings (SSSR count). The molecule has 0 aliphatic heterocycles. The molecule has 0 fully saturated rings. The third kappa shape index (κ3) is 7.17. The van der Waals surface area contributed by atoms with Crippen molar-refractivity contribution in [2.45, 2.75) is 50.9 Å². The van der Waals surface area contributed by atoms with Crippen LogP contribution in [0.2, 0.25) is 0 Å². The zero-order valence-electron chi connectivity index (χ0n) is 17.7. The van der Waals surface area contributed by atoms with Crippen LogP contribution in [0.25, 0.3) is 0 Å². The van der Waals surface area contributed by atoms with Gasteiger partial charge in [-0.15, -0.1) is 11.3 Å². The number of aliphatic hydroxyl groups is 2. The molecule has 0 spiro atoms. The third-order valence-electron chi connectivity index (χ3n) is 4.86. The maximum Gasteiger partial charge on any atom is 0.271 e. The highest BCUT2D eigenvalue weighted by Crippen LogP contribution is 2.22. The molecule has 4 N–H and O–H groups in total. The minimum Gasteiger partial charge on any atom is -0.508 e. The van der Waals surface area contributed by atoms with Gasteiger partial charge in [-0.3, -0.25) is 4.79 Å². The van der Waals surface area contributed by atoms with Crippen LogP contribution in [0.3, 0.4) is 0 Å². The highest BCUT2D eigenvalue weighted by atomic mass is 32.2. The Kier molecular flexibility index (Phi) is 8.80. The molecular formula is C20H29N3O6S2. The lowest BCUT2D eigenvalue weighted by molar-refractivity contribution is -0.00817. The minimum absolute atomic E-state index is 0.0152. The smallest absolute Gasteiger partial charge is 0.271 e. The van der Waals surface area contributed by atoms with Gasteiger partial charge in [0, 0.05) is 12.4 Å². The first kappa shape index (κ1) is 25.1. The Balaban J connectivity index is 2.20. The van der Waals surface area contributed by atoms with Crippen molar-refractivity contribution in [3.8, 4) is 5.75 Å². The number of hydrogen-bond donors (Lipinski definition) is 4. The molecule has 0 radical (unpaired) electrons. The summed E-state index contributed by atoms with van der Waals surface area (Å²) in [5.41, 5.74) is 0.766. The number of phenolic OH excluding ortho intramolecular Hbond substituents is 1. The van der Waals surface area contributed by atoms with Crippen LogP contribution in [0.4, 0.5) is 5.13 Å². The van der Waals surface area contributed by atoms with E-state index in [1.807, 2.05) is 6.92 Å². The molecule has 31 heavy (non-hydrogen) atoms. The van der Waals surface area contributed by atoms with E-state index in [2.05, 4.69) is 10.3 Å². The van der Waals surface area contributed by atoms with Gasteiger partial charge in [0.2, 0.25) is 10.0 Å². The topological polar surface area (TPSA) is 140 Å². The van der Waals surface area contributed by atoms with Crippen molar-refractivity contribution in [1.82, 2.24) is 10.3 Å². The summed E-state index contributed by atoms with van der Waals surface area (Å²) in [7, 11) is -2.17. The molecule has 11 heteroatoms. The highest BCUT2D eigenvalue weighted by molar-refractivity contribution is 7.92. The Hall–Kier alpha value is -2.21. The van der Waals surface area contributed by atoms with Gasteiger partial charge < -0.3 is 20.6 Å². The van der Waals surface area contributed by atoms with E-state index >= 15 is 0 Å². The Bertz CT molecular complexity index is 962. The average molecular weight is 472 g/mol. The van der Waals surface area contributed by atoms with Gasteiger partial charge in [0.25, 0.3) is 5.91 Å². The van der Waals surface area contributed by atoms with Crippen molar-refractivity contribution >= 4 is 32.4 Å². The number of sulfonamides is 1. The van der Waals surface area contributed by atoms with E-state index in [0.717, 1.165) is 40.3 Å². The molecule has 0 aliphatic carbocycles. The van der Waals surface area contributed by atoms with Crippen molar-refractivity contribution in [3.63, 3.8) is 0 Å². The van der Waals surface area contributed by atoms with Crippen LogP contribution in [0.15, 0.2) is 29.6 Å². The van der Waals surface area contributed by atoms with Crippen molar-refractivity contribution in [1.29, 1.82) is 0 Å². The van der Waals surface area contributed by atoms with Crippen molar-refractivity contribution in [2.24, 2.45) is 0 Å². The third-order valence-corrected chi connectivity index (χ3v) is 7.06. The Morgan fingerprint density at radius 1 is 1.26 bits per heavy atom. The first-order valence-corrected chi connectivity index (χ1v) is 12.6. The van der Waals surface area contributed by atoms with E-state index in [1.54, 1.807) is 12.1 Å². The van der Waals surface area contributed by atoms with Crippen LogP contribution in [0.5, 0.6) is 5.75 Å². The molecule has 9 nitrogen and oxygen atoms in total. The van der Waals surface area contributed by atoms with E-state index in [-0.39, 0.29) is 23.0 Å². The zero-order valence-corrected chi connectivity index (χ0v) is 19.4. The van der Waals surface area contributed by atoms with E-state index in [4.69, 9.17) is 0 Å². The molecule has 0 saturated carbocycles. The first-order valence-electron chi connectivity index (χ1n) is 9.87. The number of hydrogen-bond acceptors (Lipinski definition) is 8. The summed E-state index contributed by atoms with van der Waals surface area (Å²) in [6.45, 7) is 1.97. The second-order valence-corrected chi connectivity index (χ2v) is 10.2.